The average Bonchev–Trinajstić information content (AvgIpc) is 2.18. The van der Waals surface area contributed by atoms with Crippen molar-refractivity contribution in [3.63, 3.8) is 0 Å². The zero-order valence-electron chi connectivity index (χ0n) is 6.60. The summed E-state index contributed by atoms with van der Waals surface area (Å²) in [4.78, 5) is 10.6. The van der Waals surface area contributed by atoms with Crippen molar-refractivity contribution in [3.05, 3.63) is 29.8 Å². The van der Waals surface area contributed by atoms with Gasteiger partial charge in [-0.05, 0) is 6.07 Å². The van der Waals surface area contributed by atoms with Gasteiger partial charge in [-0.1, -0.05) is 34.1 Å². The van der Waals surface area contributed by atoms with Crippen LogP contribution in [-0.4, -0.2) is 19.4 Å². The number of hydrogen-bond donors (Lipinski definition) is 0. The maximum absolute atomic E-state index is 11.4. The fourth-order valence-electron chi connectivity index (χ4n) is 0.920. The summed E-state index contributed by atoms with van der Waals surface area (Å²) < 4.78 is 22.6. The number of alkyl halides is 1. The third-order valence-electron chi connectivity index (χ3n) is 1.52. The van der Waals surface area contributed by atoms with E-state index in [4.69, 9.17) is 0 Å². The number of rotatable bonds is 3. The van der Waals surface area contributed by atoms with Gasteiger partial charge in [0.15, 0.2) is 16.1 Å². The Morgan fingerprint density at radius 2 is 1.92 bits per heavy atom. The van der Waals surface area contributed by atoms with E-state index in [-0.39, 0.29) is 15.1 Å². The van der Waals surface area contributed by atoms with E-state index >= 15 is 0 Å². The van der Waals surface area contributed by atoms with Crippen LogP contribution >= 0.6 is 15.9 Å². The van der Waals surface area contributed by atoms with Gasteiger partial charge in [-0.25, -0.2) is 8.42 Å². The van der Waals surface area contributed by atoms with Crippen LogP contribution in [0.2, 0.25) is 0 Å². The molecule has 0 unspecified atom stereocenters. The van der Waals surface area contributed by atoms with Crippen molar-refractivity contribution < 1.29 is 13.2 Å². The molecule has 0 bridgehead atoms. The molecule has 0 N–H and O–H groups in total. The number of halogens is 1. The number of carbonyl (C=O) groups is 1. The van der Waals surface area contributed by atoms with E-state index in [0.29, 0.717) is 6.29 Å². The second-order valence-corrected chi connectivity index (χ2v) is 5.64. The molecule has 0 aliphatic rings. The molecule has 0 radical (unpaired) electrons. The van der Waals surface area contributed by atoms with Crippen molar-refractivity contribution in [2.75, 3.05) is 4.66 Å². The molecule has 0 saturated carbocycles. The molecule has 0 aliphatic heterocycles. The Bertz CT molecular complexity index is 411. The normalized spacial score (nSPS) is 11.2. The maximum Gasteiger partial charge on any atom is 0.189 e. The van der Waals surface area contributed by atoms with E-state index in [9.17, 15) is 13.2 Å². The maximum atomic E-state index is 11.4. The largest absolute Gasteiger partial charge is 0.298 e. The lowest BCUT2D eigenvalue weighted by Crippen LogP contribution is -2.04. The lowest BCUT2D eigenvalue weighted by Gasteiger charge is -2.02. The SMILES string of the molecule is O=Cc1ccccc1S(=O)(=O)CBr. The van der Waals surface area contributed by atoms with Gasteiger partial charge in [0.2, 0.25) is 0 Å². The third-order valence-corrected chi connectivity index (χ3v) is 4.66. The van der Waals surface area contributed by atoms with Gasteiger partial charge in [0.05, 0.1) is 4.90 Å². The average molecular weight is 263 g/mol. The molecule has 1 aromatic rings. The minimum absolute atomic E-state index is 0.0712. The Hall–Kier alpha value is -0.680. The lowest BCUT2D eigenvalue weighted by molar-refractivity contribution is 0.112. The van der Waals surface area contributed by atoms with Crippen molar-refractivity contribution in [1.29, 1.82) is 0 Å². The molecule has 0 aromatic heterocycles. The highest BCUT2D eigenvalue weighted by atomic mass is 79.9. The van der Waals surface area contributed by atoms with Gasteiger partial charge >= 0.3 is 0 Å². The molecule has 1 aromatic carbocycles. The standard InChI is InChI=1S/C8H7BrO3S/c9-6-13(11,12)8-4-2-1-3-7(8)5-10/h1-5H,6H2. The molecule has 0 saturated heterocycles. The van der Waals surface area contributed by atoms with Crippen molar-refractivity contribution in [2.24, 2.45) is 0 Å². The van der Waals surface area contributed by atoms with E-state index in [2.05, 4.69) is 15.9 Å². The first-order chi connectivity index (χ1) is 6.11. The van der Waals surface area contributed by atoms with Crippen LogP contribution in [-0.2, 0) is 9.84 Å². The van der Waals surface area contributed by atoms with Crippen LogP contribution < -0.4 is 0 Å². The highest BCUT2D eigenvalue weighted by Gasteiger charge is 2.15. The molecule has 0 fully saturated rings. The summed E-state index contributed by atoms with van der Waals surface area (Å²) in [6.07, 6.45) is 0.537. The fraction of sp³-hybridized carbons (Fsp3) is 0.125. The lowest BCUT2D eigenvalue weighted by atomic mass is 10.2. The predicted octanol–water partition coefficient (Wildman–Crippen LogP) is 1.63. The number of carbonyl (C=O) groups excluding carboxylic acids is 1. The van der Waals surface area contributed by atoms with Gasteiger partial charge in [-0.15, -0.1) is 0 Å². The van der Waals surface area contributed by atoms with E-state index in [1.54, 1.807) is 12.1 Å². The molecule has 70 valence electrons. The molecule has 1 rings (SSSR count). The van der Waals surface area contributed by atoms with E-state index in [1.807, 2.05) is 0 Å². The summed E-state index contributed by atoms with van der Waals surface area (Å²) in [5, 5.41) is 0. The van der Waals surface area contributed by atoms with Crippen molar-refractivity contribution >= 4 is 32.1 Å². The van der Waals surface area contributed by atoms with Gasteiger partial charge in [-0.2, -0.15) is 0 Å². The molecule has 0 atom stereocenters. The van der Waals surface area contributed by atoms with Crippen LogP contribution in [0.25, 0.3) is 0 Å². The molecule has 0 aliphatic carbocycles. The van der Waals surface area contributed by atoms with Crippen LogP contribution in [0.3, 0.4) is 0 Å². The number of aldehydes is 1. The second kappa shape index (κ2) is 4.02. The Balaban J connectivity index is 3.37. The summed E-state index contributed by atoms with van der Waals surface area (Å²) in [5.41, 5.74) is 0.196. The van der Waals surface area contributed by atoms with E-state index < -0.39 is 9.84 Å². The summed E-state index contributed by atoms with van der Waals surface area (Å²) >= 11 is 2.87. The van der Waals surface area contributed by atoms with Crippen LogP contribution in [0, 0.1) is 0 Å². The minimum Gasteiger partial charge on any atom is -0.298 e. The molecule has 0 amide bonds. The highest BCUT2D eigenvalue weighted by molar-refractivity contribution is 9.10. The molecular weight excluding hydrogens is 256 g/mol. The van der Waals surface area contributed by atoms with Gasteiger partial charge in [0.25, 0.3) is 0 Å². The van der Waals surface area contributed by atoms with Crippen molar-refractivity contribution in [1.82, 2.24) is 0 Å². The van der Waals surface area contributed by atoms with Gasteiger partial charge in [0, 0.05) is 5.56 Å². The third kappa shape index (κ3) is 2.16. The van der Waals surface area contributed by atoms with Crippen molar-refractivity contribution in [2.45, 2.75) is 4.90 Å². The molecule has 0 spiro atoms. The van der Waals surface area contributed by atoms with Gasteiger partial charge in [-0.3, -0.25) is 4.79 Å². The molecule has 5 heteroatoms. The Labute approximate surface area is 84.8 Å². The highest BCUT2D eigenvalue weighted by Crippen LogP contribution is 2.16. The molecular formula is C8H7BrO3S. The number of sulfone groups is 1. The zero-order chi connectivity index (χ0) is 9.90. The summed E-state index contributed by atoms with van der Waals surface area (Å²) in [6.45, 7) is 0. The minimum atomic E-state index is -3.36. The summed E-state index contributed by atoms with van der Waals surface area (Å²) in [5.74, 6) is 0. The topological polar surface area (TPSA) is 51.2 Å². The van der Waals surface area contributed by atoms with E-state index in [0.717, 1.165) is 0 Å². The predicted molar refractivity (Wildman–Crippen MR) is 52.8 cm³/mol. The first-order valence-electron chi connectivity index (χ1n) is 3.45. The first kappa shape index (κ1) is 10.4. The van der Waals surface area contributed by atoms with Crippen LogP contribution in [0.4, 0.5) is 0 Å². The zero-order valence-corrected chi connectivity index (χ0v) is 9.01. The van der Waals surface area contributed by atoms with Gasteiger partial charge < -0.3 is 0 Å². The van der Waals surface area contributed by atoms with Gasteiger partial charge in [0.1, 0.15) is 4.66 Å². The summed E-state index contributed by atoms with van der Waals surface area (Å²) in [7, 11) is -3.36. The number of benzene rings is 1. The van der Waals surface area contributed by atoms with Crippen LogP contribution in [0.5, 0.6) is 0 Å². The monoisotopic (exact) mass is 262 g/mol. The van der Waals surface area contributed by atoms with E-state index in [1.165, 1.54) is 12.1 Å². The smallest absolute Gasteiger partial charge is 0.189 e. The molecule has 3 nitrogen and oxygen atoms in total. The summed E-state index contributed by atoms with van der Waals surface area (Å²) in [6, 6.07) is 6.10. The Kier molecular flexibility index (Phi) is 3.22. The van der Waals surface area contributed by atoms with Crippen LogP contribution in [0.15, 0.2) is 29.2 Å². The Morgan fingerprint density at radius 3 is 2.46 bits per heavy atom. The fourth-order valence-corrected chi connectivity index (χ4v) is 2.54. The van der Waals surface area contributed by atoms with Crippen LogP contribution in [0.1, 0.15) is 10.4 Å². The second-order valence-electron chi connectivity index (χ2n) is 2.38. The first-order valence-corrected chi connectivity index (χ1v) is 6.22. The quantitative estimate of drug-likeness (QED) is 0.615. The van der Waals surface area contributed by atoms with Crippen molar-refractivity contribution in [3.8, 4) is 0 Å². The molecule has 13 heavy (non-hydrogen) atoms. The molecule has 0 heterocycles. The number of hydrogen-bond acceptors (Lipinski definition) is 3. The Morgan fingerprint density at radius 1 is 1.31 bits per heavy atom.